The van der Waals surface area contributed by atoms with Gasteiger partial charge < -0.3 is 5.32 Å². The number of aryl methyl sites for hydroxylation is 1. The van der Waals surface area contributed by atoms with Gasteiger partial charge in [-0.1, -0.05) is 29.8 Å². The van der Waals surface area contributed by atoms with Crippen molar-refractivity contribution in [3.05, 3.63) is 39.0 Å². The maximum absolute atomic E-state index is 4.55. The first-order valence-electron chi connectivity index (χ1n) is 6.22. The molecule has 0 aliphatic heterocycles. The highest BCUT2D eigenvalue weighted by atomic mass is 79.9. The zero-order valence-corrected chi connectivity index (χ0v) is 14.4. The van der Waals surface area contributed by atoms with Crippen molar-refractivity contribution in [3.63, 3.8) is 0 Å². The lowest BCUT2D eigenvalue weighted by Gasteiger charge is -2.13. The molecule has 0 spiro atoms. The number of nitrogens with zero attached hydrogens (tertiary/aromatic N) is 2. The van der Waals surface area contributed by atoms with Gasteiger partial charge in [0.25, 0.3) is 0 Å². The number of rotatable bonds is 4. The molecule has 0 fully saturated rings. The molecule has 2 rings (SSSR count). The van der Waals surface area contributed by atoms with E-state index in [-0.39, 0.29) is 0 Å². The van der Waals surface area contributed by atoms with Gasteiger partial charge in [-0.25, -0.2) is 4.98 Å². The van der Waals surface area contributed by atoms with E-state index in [0.29, 0.717) is 5.92 Å². The monoisotopic (exact) mass is 385 g/mol. The number of benzene rings is 1. The van der Waals surface area contributed by atoms with Crippen LogP contribution in [-0.2, 0) is 0 Å². The summed E-state index contributed by atoms with van der Waals surface area (Å²) in [6, 6.07) is 6.12. The summed E-state index contributed by atoms with van der Waals surface area (Å²) >= 11 is 7.11. The lowest BCUT2D eigenvalue weighted by atomic mass is 10.2. The van der Waals surface area contributed by atoms with Crippen molar-refractivity contribution in [2.75, 3.05) is 11.9 Å². The highest BCUT2D eigenvalue weighted by Gasteiger charge is 2.11. The minimum absolute atomic E-state index is 0.580. The maximum Gasteiger partial charge on any atom is 0.207 e. The minimum atomic E-state index is 0.580. The summed E-state index contributed by atoms with van der Waals surface area (Å²) in [4.78, 5) is 4.55. The van der Waals surface area contributed by atoms with Crippen LogP contribution in [0.5, 0.6) is 0 Å². The van der Waals surface area contributed by atoms with Crippen LogP contribution < -0.4 is 5.32 Å². The summed E-state index contributed by atoms with van der Waals surface area (Å²) in [6.45, 7) is 7.27. The van der Waals surface area contributed by atoms with Gasteiger partial charge in [-0.05, 0) is 47.0 Å². The van der Waals surface area contributed by atoms with Gasteiger partial charge >= 0.3 is 0 Å². The molecule has 0 saturated heterocycles. The molecule has 1 aromatic carbocycles. The van der Waals surface area contributed by atoms with Gasteiger partial charge in [0.1, 0.15) is 0 Å². The summed E-state index contributed by atoms with van der Waals surface area (Å²) < 4.78 is 4.17. The highest BCUT2D eigenvalue weighted by molar-refractivity contribution is 9.11. The Morgan fingerprint density at radius 2 is 2.05 bits per heavy atom. The molecule has 19 heavy (non-hydrogen) atoms. The first kappa shape index (κ1) is 14.6. The normalized spacial score (nSPS) is 11.1. The van der Waals surface area contributed by atoms with E-state index in [0.717, 1.165) is 32.8 Å². The number of hydrogen-bond donors (Lipinski definition) is 1. The molecule has 0 bridgehead atoms. The van der Waals surface area contributed by atoms with Crippen LogP contribution in [0.3, 0.4) is 0 Å². The molecule has 1 N–H and O–H groups in total. The van der Waals surface area contributed by atoms with Crippen LogP contribution in [0.15, 0.2) is 33.3 Å². The quantitative estimate of drug-likeness (QED) is 0.819. The first-order valence-corrected chi connectivity index (χ1v) is 7.81. The summed E-state index contributed by atoms with van der Waals surface area (Å²) in [6.07, 6.45) is 2.04. The van der Waals surface area contributed by atoms with Crippen molar-refractivity contribution in [1.29, 1.82) is 0 Å². The number of hydrogen-bond acceptors (Lipinski definition) is 2. The Morgan fingerprint density at radius 3 is 2.74 bits per heavy atom. The molecule has 3 nitrogen and oxygen atoms in total. The Bertz CT molecular complexity index is 576. The second-order valence-corrected chi connectivity index (χ2v) is 6.72. The molecule has 0 atom stereocenters. The fourth-order valence-corrected chi connectivity index (χ4v) is 2.56. The first-order chi connectivity index (χ1) is 8.97. The average Bonchev–Trinajstić information content (AvgIpc) is 2.71. The summed E-state index contributed by atoms with van der Waals surface area (Å²) in [5.74, 6) is 1.46. The van der Waals surface area contributed by atoms with Crippen LogP contribution in [0, 0.1) is 12.8 Å². The molecule has 0 saturated carbocycles. The molecule has 0 unspecified atom stereocenters. The SMILES string of the molecule is Cc1cn(-c2cc(Br)ccc2Br)c(NCC(C)C)n1. The second kappa shape index (κ2) is 6.09. The molecule has 5 heteroatoms. The lowest BCUT2D eigenvalue weighted by molar-refractivity contribution is 0.683. The Morgan fingerprint density at radius 1 is 1.32 bits per heavy atom. The number of halogens is 2. The van der Waals surface area contributed by atoms with Crippen molar-refractivity contribution in [2.45, 2.75) is 20.8 Å². The molecule has 1 heterocycles. The molecule has 2 aromatic rings. The zero-order valence-electron chi connectivity index (χ0n) is 11.2. The Labute approximate surface area is 130 Å². The van der Waals surface area contributed by atoms with Gasteiger partial charge in [0.2, 0.25) is 5.95 Å². The van der Waals surface area contributed by atoms with Crippen LogP contribution in [0.25, 0.3) is 5.69 Å². The number of imidazole rings is 1. The van der Waals surface area contributed by atoms with E-state index in [9.17, 15) is 0 Å². The minimum Gasteiger partial charge on any atom is -0.355 e. The molecule has 0 aliphatic carbocycles. The molecule has 102 valence electrons. The van der Waals surface area contributed by atoms with Crippen molar-refractivity contribution in [2.24, 2.45) is 5.92 Å². The molecule has 0 aliphatic rings. The average molecular weight is 387 g/mol. The molecular weight excluding hydrogens is 370 g/mol. The van der Waals surface area contributed by atoms with Gasteiger partial charge in [0, 0.05) is 21.7 Å². The van der Waals surface area contributed by atoms with E-state index in [4.69, 9.17) is 0 Å². The van der Waals surface area contributed by atoms with Crippen LogP contribution in [-0.4, -0.2) is 16.1 Å². The second-order valence-electron chi connectivity index (χ2n) is 4.95. The molecule has 0 amide bonds. The predicted molar refractivity (Wildman–Crippen MR) is 87.0 cm³/mol. The van der Waals surface area contributed by atoms with E-state index in [2.05, 4.69) is 66.6 Å². The Balaban J connectivity index is 2.40. The molecular formula is C14H17Br2N3. The van der Waals surface area contributed by atoms with E-state index < -0.39 is 0 Å². The van der Waals surface area contributed by atoms with Gasteiger partial charge in [-0.15, -0.1) is 0 Å². The maximum atomic E-state index is 4.55. The highest BCUT2D eigenvalue weighted by Crippen LogP contribution is 2.27. The third-order valence-electron chi connectivity index (χ3n) is 2.66. The number of aromatic nitrogens is 2. The Kier molecular flexibility index (Phi) is 4.68. The fraction of sp³-hybridized carbons (Fsp3) is 0.357. The van der Waals surface area contributed by atoms with Crippen LogP contribution >= 0.6 is 31.9 Å². The smallest absolute Gasteiger partial charge is 0.207 e. The summed E-state index contributed by atoms with van der Waals surface area (Å²) in [5, 5.41) is 3.39. The lowest BCUT2D eigenvalue weighted by Crippen LogP contribution is -2.12. The van der Waals surface area contributed by atoms with Gasteiger partial charge in [0.05, 0.1) is 11.4 Å². The van der Waals surface area contributed by atoms with Crippen LogP contribution in [0.2, 0.25) is 0 Å². The fourth-order valence-electron chi connectivity index (χ4n) is 1.77. The van der Waals surface area contributed by atoms with Crippen LogP contribution in [0.4, 0.5) is 5.95 Å². The van der Waals surface area contributed by atoms with Crippen molar-refractivity contribution in [3.8, 4) is 5.69 Å². The van der Waals surface area contributed by atoms with E-state index >= 15 is 0 Å². The Hall–Kier alpha value is -0.810. The van der Waals surface area contributed by atoms with Gasteiger partial charge in [-0.3, -0.25) is 4.57 Å². The van der Waals surface area contributed by atoms with E-state index in [1.165, 1.54) is 0 Å². The van der Waals surface area contributed by atoms with Gasteiger partial charge in [0.15, 0.2) is 0 Å². The van der Waals surface area contributed by atoms with Crippen LogP contribution in [0.1, 0.15) is 19.5 Å². The van der Waals surface area contributed by atoms with E-state index in [1.54, 1.807) is 0 Å². The number of nitrogens with one attached hydrogen (secondary N) is 1. The standard InChI is InChI=1S/C14H17Br2N3/c1-9(2)7-17-14-18-10(3)8-19(14)13-6-11(15)4-5-12(13)16/h4-6,8-9H,7H2,1-3H3,(H,17,18). The molecule has 0 radical (unpaired) electrons. The van der Waals surface area contributed by atoms with Crippen molar-refractivity contribution >= 4 is 37.8 Å². The summed E-state index contributed by atoms with van der Waals surface area (Å²) in [7, 11) is 0. The number of anilines is 1. The predicted octanol–water partition coefficient (Wildman–Crippen LogP) is 4.77. The molecule has 1 aromatic heterocycles. The van der Waals surface area contributed by atoms with E-state index in [1.807, 2.05) is 25.3 Å². The zero-order chi connectivity index (χ0) is 14.0. The van der Waals surface area contributed by atoms with Crippen molar-refractivity contribution < 1.29 is 0 Å². The van der Waals surface area contributed by atoms with Crippen molar-refractivity contribution in [1.82, 2.24) is 9.55 Å². The van der Waals surface area contributed by atoms with Gasteiger partial charge in [-0.2, -0.15) is 0 Å². The third kappa shape index (κ3) is 3.60. The summed E-state index contributed by atoms with van der Waals surface area (Å²) in [5.41, 5.74) is 2.07. The largest absolute Gasteiger partial charge is 0.355 e. The third-order valence-corrected chi connectivity index (χ3v) is 3.83. The topological polar surface area (TPSA) is 29.9 Å².